The molecule has 1 saturated carbocycles. The summed E-state index contributed by atoms with van der Waals surface area (Å²) in [6, 6.07) is 0. The van der Waals surface area contributed by atoms with Crippen LogP contribution in [-0.4, -0.2) is 0 Å². The number of hydrogen-bond donors (Lipinski definition) is 0. The fraction of sp³-hybridized carbons (Fsp3) is 1.00. The summed E-state index contributed by atoms with van der Waals surface area (Å²) in [6.45, 7) is 12.0. The maximum atomic E-state index is 2.44. The standard InChI is InChI=1S/C14H28/c1-13(2,3)10-8-12-7-6-9-14(4,5)11-12/h12H,6-11H2,1-5H3. The molecule has 0 saturated heterocycles. The predicted molar refractivity (Wildman–Crippen MR) is 64.4 cm³/mol. The molecule has 0 heterocycles. The maximum Gasteiger partial charge on any atom is -0.0352 e. The molecule has 0 heteroatoms. The van der Waals surface area contributed by atoms with Crippen molar-refractivity contribution in [2.45, 2.75) is 73.1 Å². The molecule has 1 aliphatic rings. The lowest BCUT2D eigenvalue weighted by atomic mass is 9.70. The van der Waals surface area contributed by atoms with Crippen molar-refractivity contribution in [3.63, 3.8) is 0 Å². The van der Waals surface area contributed by atoms with Crippen LogP contribution in [-0.2, 0) is 0 Å². The molecule has 1 unspecified atom stereocenters. The molecule has 0 amide bonds. The van der Waals surface area contributed by atoms with E-state index in [0.717, 1.165) is 5.92 Å². The molecule has 1 aliphatic carbocycles. The van der Waals surface area contributed by atoms with Crippen LogP contribution in [0.2, 0.25) is 0 Å². The van der Waals surface area contributed by atoms with Crippen LogP contribution in [0.25, 0.3) is 0 Å². The van der Waals surface area contributed by atoms with E-state index < -0.39 is 0 Å². The zero-order valence-electron chi connectivity index (χ0n) is 10.8. The van der Waals surface area contributed by atoms with Crippen LogP contribution in [0.4, 0.5) is 0 Å². The van der Waals surface area contributed by atoms with Gasteiger partial charge in [-0.05, 0) is 42.4 Å². The molecule has 0 bridgehead atoms. The highest BCUT2D eigenvalue weighted by atomic mass is 14.3. The minimum atomic E-state index is 0.529. The van der Waals surface area contributed by atoms with Gasteiger partial charge in [0.15, 0.2) is 0 Å². The van der Waals surface area contributed by atoms with Crippen LogP contribution in [0.5, 0.6) is 0 Å². The van der Waals surface area contributed by atoms with Gasteiger partial charge in [0.2, 0.25) is 0 Å². The zero-order chi connectivity index (χ0) is 10.8. The van der Waals surface area contributed by atoms with Gasteiger partial charge in [0, 0.05) is 0 Å². The Bertz CT molecular complexity index is 171. The fourth-order valence-corrected chi connectivity index (χ4v) is 2.74. The van der Waals surface area contributed by atoms with Crippen molar-refractivity contribution in [3.05, 3.63) is 0 Å². The molecule has 0 aliphatic heterocycles. The van der Waals surface area contributed by atoms with E-state index in [9.17, 15) is 0 Å². The SMILES string of the molecule is CC(C)(C)CCC1CCCC(C)(C)C1. The molecule has 1 atom stereocenters. The highest BCUT2D eigenvalue weighted by molar-refractivity contribution is 4.80. The van der Waals surface area contributed by atoms with Crippen molar-refractivity contribution < 1.29 is 0 Å². The van der Waals surface area contributed by atoms with Crippen molar-refractivity contribution >= 4 is 0 Å². The second kappa shape index (κ2) is 4.24. The van der Waals surface area contributed by atoms with Gasteiger partial charge >= 0.3 is 0 Å². The Kier molecular flexibility index (Phi) is 3.66. The summed E-state index contributed by atoms with van der Waals surface area (Å²) in [6.07, 6.45) is 8.70. The van der Waals surface area contributed by atoms with Crippen LogP contribution in [0.15, 0.2) is 0 Å². The molecular formula is C14H28. The van der Waals surface area contributed by atoms with E-state index in [0.29, 0.717) is 10.8 Å². The first-order chi connectivity index (χ1) is 6.29. The highest BCUT2D eigenvalue weighted by Crippen LogP contribution is 2.41. The normalized spacial score (nSPS) is 27.6. The topological polar surface area (TPSA) is 0 Å². The summed E-state index contributed by atoms with van der Waals surface area (Å²) in [5.41, 5.74) is 1.16. The van der Waals surface area contributed by atoms with Gasteiger partial charge in [-0.15, -0.1) is 0 Å². The average molecular weight is 196 g/mol. The molecule has 0 nitrogen and oxygen atoms in total. The minimum Gasteiger partial charge on any atom is -0.0602 e. The molecule has 1 rings (SSSR count). The summed E-state index contributed by atoms with van der Waals surface area (Å²) in [4.78, 5) is 0. The average Bonchev–Trinajstić information content (AvgIpc) is 1.98. The van der Waals surface area contributed by atoms with Gasteiger partial charge in [-0.2, -0.15) is 0 Å². The Hall–Kier alpha value is 0. The molecule has 0 N–H and O–H groups in total. The smallest absolute Gasteiger partial charge is 0.0352 e. The minimum absolute atomic E-state index is 0.529. The quantitative estimate of drug-likeness (QED) is 0.581. The molecule has 84 valence electrons. The molecule has 0 spiro atoms. The predicted octanol–water partition coefficient (Wildman–Crippen LogP) is 5.03. The van der Waals surface area contributed by atoms with Gasteiger partial charge in [-0.3, -0.25) is 0 Å². The monoisotopic (exact) mass is 196 g/mol. The summed E-state index contributed by atoms with van der Waals surface area (Å²) in [5, 5.41) is 0. The Morgan fingerprint density at radius 3 is 2.36 bits per heavy atom. The van der Waals surface area contributed by atoms with Crippen molar-refractivity contribution in [1.82, 2.24) is 0 Å². The van der Waals surface area contributed by atoms with Gasteiger partial charge in [-0.1, -0.05) is 47.5 Å². The lowest BCUT2D eigenvalue weighted by Crippen LogP contribution is -2.23. The van der Waals surface area contributed by atoms with Crippen LogP contribution in [0, 0.1) is 16.7 Å². The third-order valence-electron chi connectivity index (χ3n) is 3.61. The second-order valence-corrected chi connectivity index (χ2v) is 7.23. The van der Waals surface area contributed by atoms with E-state index in [1.165, 1.54) is 38.5 Å². The summed E-state index contributed by atoms with van der Waals surface area (Å²) in [7, 11) is 0. The van der Waals surface area contributed by atoms with Crippen LogP contribution in [0.1, 0.15) is 73.1 Å². The maximum absolute atomic E-state index is 2.44. The molecule has 1 fully saturated rings. The number of hydrogen-bond acceptors (Lipinski definition) is 0. The number of rotatable bonds is 2. The first-order valence-corrected chi connectivity index (χ1v) is 6.29. The highest BCUT2D eigenvalue weighted by Gasteiger charge is 2.28. The molecular weight excluding hydrogens is 168 g/mol. The Balaban J connectivity index is 2.32. The van der Waals surface area contributed by atoms with E-state index >= 15 is 0 Å². The Labute approximate surface area is 90.5 Å². The fourth-order valence-electron chi connectivity index (χ4n) is 2.74. The molecule has 0 aromatic rings. The summed E-state index contributed by atoms with van der Waals surface area (Å²) in [5.74, 6) is 1.01. The van der Waals surface area contributed by atoms with Crippen molar-refractivity contribution in [1.29, 1.82) is 0 Å². The molecule has 0 aromatic heterocycles. The lowest BCUT2D eigenvalue weighted by molar-refractivity contribution is 0.160. The van der Waals surface area contributed by atoms with E-state index in [2.05, 4.69) is 34.6 Å². The van der Waals surface area contributed by atoms with E-state index in [4.69, 9.17) is 0 Å². The molecule has 14 heavy (non-hydrogen) atoms. The second-order valence-electron chi connectivity index (χ2n) is 7.23. The third-order valence-corrected chi connectivity index (χ3v) is 3.61. The van der Waals surface area contributed by atoms with Crippen molar-refractivity contribution in [2.24, 2.45) is 16.7 Å². The van der Waals surface area contributed by atoms with Gasteiger partial charge in [0.05, 0.1) is 0 Å². The Morgan fingerprint density at radius 2 is 1.86 bits per heavy atom. The first-order valence-electron chi connectivity index (χ1n) is 6.29. The molecule has 0 aromatic carbocycles. The summed E-state index contributed by atoms with van der Waals surface area (Å²) < 4.78 is 0. The van der Waals surface area contributed by atoms with Crippen molar-refractivity contribution in [3.8, 4) is 0 Å². The zero-order valence-corrected chi connectivity index (χ0v) is 10.8. The Morgan fingerprint density at radius 1 is 1.21 bits per heavy atom. The van der Waals surface area contributed by atoms with Crippen LogP contribution < -0.4 is 0 Å². The largest absolute Gasteiger partial charge is 0.0602 e. The first kappa shape index (κ1) is 12.1. The van der Waals surface area contributed by atoms with Crippen LogP contribution in [0.3, 0.4) is 0 Å². The van der Waals surface area contributed by atoms with Gasteiger partial charge < -0.3 is 0 Å². The van der Waals surface area contributed by atoms with Gasteiger partial charge in [-0.25, -0.2) is 0 Å². The van der Waals surface area contributed by atoms with E-state index in [1.54, 1.807) is 0 Å². The molecule has 0 radical (unpaired) electrons. The lowest BCUT2D eigenvalue weighted by Gasteiger charge is -2.36. The van der Waals surface area contributed by atoms with Crippen molar-refractivity contribution in [2.75, 3.05) is 0 Å². The van der Waals surface area contributed by atoms with Gasteiger partial charge in [0.25, 0.3) is 0 Å². The van der Waals surface area contributed by atoms with E-state index in [-0.39, 0.29) is 0 Å². The summed E-state index contributed by atoms with van der Waals surface area (Å²) >= 11 is 0. The van der Waals surface area contributed by atoms with E-state index in [1.807, 2.05) is 0 Å². The third kappa shape index (κ3) is 4.48. The van der Waals surface area contributed by atoms with Crippen LogP contribution >= 0.6 is 0 Å². The van der Waals surface area contributed by atoms with Gasteiger partial charge in [0.1, 0.15) is 0 Å².